The molecule has 5 heteroatoms. The van der Waals surface area contributed by atoms with Crippen molar-refractivity contribution in [2.45, 2.75) is 26.3 Å². The van der Waals surface area contributed by atoms with Crippen molar-refractivity contribution in [2.75, 3.05) is 26.1 Å². The van der Waals surface area contributed by atoms with Crippen LogP contribution in [-0.4, -0.2) is 42.9 Å². The second-order valence-electron chi connectivity index (χ2n) is 4.70. The number of hydrogen-bond acceptors (Lipinski definition) is 3. The second kappa shape index (κ2) is 8.15. The summed E-state index contributed by atoms with van der Waals surface area (Å²) in [6.07, 6.45) is 0.913. The van der Waals surface area contributed by atoms with Crippen molar-refractivity contribution in [3.05, 3.63) is 23.8 Å². The standard InChI is InChI=1S/C15H22BrNO3/c1-11(2)17(9-5-8-16)15(18)13-10-12(19-3)6-7-14(13)20-4/h6-7,10-11H,5,8-9H2,1-4H3. The van der Waals surface area contributed by atoms with Gasteiger partial charge >= 0.3 is 0 Å². The van der Waals surface area contributed by atoms with E-state index in [1.165, 1.54) is 0 Å². The van der Waals surface area contributed by atoms with Crippen LogP contribution >= 0.6 is 15.9 Å². The Morgan fingerprint density at radius 1 is 1.30 bits per heavy atom. The molecule has 0 aliphatic rings. The third-order valence-electron chi connectivity index (χ3n) is 3.05. The maximum Gasteiger partial charge on any atom is 0.257 e. The first-order chi connectivity index (χ1) is 9.54. The normalized spacial score (nSPS) is 10.5. The molecule has 0 spiro atoms. The highest BCUT2D eigenvalue weighted by Crippen LogP contribution is 2.26. The minimum Gasteiger partial charge on any atom is -0.497 e. The lowest BCUT2D eigenvalue weighted by Gasteiger charge is -2.27. The Morgan fingerprint density at radius 3 is 2.50 bits per heavy atom. The Balaban J connectivity index is 3.09. The van der Waals surface area contributed by atoms with Gasteiger partial charge in [-0.25, -0.2) is 0 Å². The van der Waals surface area contributed by atoms with E-state index in [-0.39, 0.29) is 11.9 Å². The van der Waals surface area contributed by atoms with Crippen molar-refractivity contribution in [2.24, 2.45) is 0 Å². The van der Waals surface area contributed by atoms with E-state index >= 15 is 0 Å². The van der Waals surface area contributed by atoms with Crippen molar-refractivity contribution in [1.29, 1.82) is 0 Å². The van der Waals surface area contributed by atoms with Crippen LogP contribution in [0.4, 0.5) is 0 Å². The van der Waals surface area contributed by atoms with Gasteiger partial charge in [-0.15, -0.1) is 0 Å². The van der Waals surface area contributed by atoms with Gasteiger partial charge in [-0.1, -0.05) is 15.9 Å². The number of benzene rings is 1. The molecule has 0 fully saturated rings. The van der Waals surface area contributed by atoms with Crippen LogP contribution in [0.25, 0.3) is 0 Å². The fourth-order valence-electron chi connectivity index (χ4n) is 1.96. The minimum absolute atomic E-state index is 0.0308. The zero-order chi connectivity index (χ0) is 15.1. The lowest BCUT2D eigenvalue weighted by molar-refractivity contribution is 0.0703. The minimum atomic E-state index is -0.0308. The van der Waals surface area contributed by atoms with Crippen LogP contribution in [0.2, 0.25) is 0 Å². The zero-order valence-corrected chi connectivity index (χ0v) is 14.1. The predicted molar refractivity (Wildman–Crippen MR) is 84.1 cm³/mol. The summed E-state index contributed by atoms with van der Waals surface area (Å²) in [6.45, 7) is 4.74. The van der Waals surface area contributed by atoms with Crippen LogP contribution in [0.5, 0.6) is 11.5 Å². The molecule has 4 nitrogen and oxygen atoms in total. The summed E-state index contributed by atoms with van der Waals surface area (Å²) in [5.41, 5.74) is 0.537. The van der Waals surface area contributed by atoms with Crippen LogP contribution in [0.1, 0.15) is 30.6 Å². The number of hydrogen-bond donors (Lipinski definition) is 0. The molecule has 0 saturated heterocycles. The van der Waals surface area contributed by atoms with Gasteiger partial charge in [0.25, 0.3) is 5.91 Å². The molecule has 0 bridgehead atoms. The van der Waals surface area contributed by atoms with Gasteiger partial charge in [0.15, 0.2) is 0 Å². The van der Waals surface area contributed by atoms with E-state index in [1.54, 1.807) is 32.4 Å². The van der Waals surface area contributed by atoms with Gasteiger partial charge < -0.3 is 14.4 Å². The van der Waals surface area contributed by atoms with E-state index < -0.39 is 0 Å². The third-order valence-corrected chi connectivity index (χ3v) is 3.61. The summed E-state index contributed by atoms with van der Waals surface area (Å²) in [5, 5.41) is 0.874. The van der Waals surface area contributed by atoms with Gasteiger partial charge in [0.05, 0.1) is 19.8 Å². The van der Waals surface area contributed by atoms with Gasteiger partial charge in [0.2, 0.25) is 0 Å². The SMILES string of the molecule is COc1ccc(OC)c(C(=O)N(CCCBr)C(C)C)c1. The molecule has 0 heterocycles. The van der Waals surface area contributed by atoms with Crippen LogP contribution in [-0.2, 0) is 0 Å². The van der Waals surface area contributed by atoms with Crippen LogP contribution in [0, 0.1) is 0 Å². The molecule has 0 aromatic heterocycles. The van der Waals surface area contributed by atoms with E-state index in [1.807, 2.05) is 18.7 Å². The first kappa shape index (κ1) is 16.8. The topological polar surface area (TPSA) is 38.8 Å². The van der Waals surface area contributed by atoms with Crippen molar-refractivity contribution in [1.82, 2.24) is 4.90 Å². The highest BCUT2D eigenvalue weighted by Gasteiger charge is 2.22. The third kappa shape index (κ3) is 4.13. The Bertz CT molecular complexity index is 449. The van der Waals surface area contributed by atoms with Gasteiger partial charge in [0.1, 0.15) is 11.5 Å². The molecule has 1 aromatic rings. The van der Waals surface area contributed by atoms with Crippen molar-refractivity contribution in [3.63, 3.8) is 0 Å². The molecule has 0 unspecified atom stereocenters. The molecule has 0 aliphatic carbocycles. The first-order valence-corrected chi connectivity index (χ1v) is 7.76. The quantitative estimate of drug-likeness (QED) is 0.712. The average Bonchev–Trinajstić information content (AvgIpc) is 2.46. The summed E-state index contributed by atoms with van der Waals surface area (Å²) in [4.78, 5) is 14.6. The lowest BCUT2D eigenvalue weighted by Crippen LogP contribution is -2.38. The Kier molecular flexibility index (Phi) is 6.85. The molecule has 1 aromatic carbocycles. The molecule has 0 saturated carbocycles. The molecule has 0 N–H and O–H groups in total. The van der Waals surface area contributed by atoms with Gasteiger partial charge in [-0.3, -0.25) is 4.79 Å². The van der Waals surface area contributed by atoms with E-state index in [2.05, 4.69) is 15.9 Å². The molecule has 0 radical (unpaired) electrons. The first-order valence-electron chi connectivity index (χ1n) is 6.64. The summed E-state index contributed by atoms with van der Waals surface area (Å²) in [5.74, 6) is 1.19. The predicted octanol–water partition coefficient (Wildman–Crippen LogP) is 3.34. The van der Waals surface area contributed by atoms with Crippen molar-refractivity contribution >= 4 is 21.8 Å². The molecule has 112 valence electrons. The summed E-state index contributed by atoms with van der Waals surface area (Å²) in [7, 11) is 3.15. The van der Waals surface area contributed by atoms with Gasteiger partial charge in [0, 0.05) is 17.9 Å². The molecule has 1 rings (SSSR count). The number of ether oxygens (including phenoxy) is 2. The number of rotatable bonds is 7. The molecule has 0 aliphatic heterocycles. The fourth-order valence-corrected chi connectivity index (χ4v) is 2.21. The molecular weight excluding hydrogens is 322 g/mol. The fraction of sp³-hybridized carbons (Fsp3) is 0.533. The Morgan fingerprint density at radius 2 is 2.00 bits per heavy atom. The molecule has 0 atom stereocenters. The van der Waals surface area contributed by atoms with Crippen LogP contribution in [0.15, 0.2) is 18.2 Å². The lowest BCUT2D eigenvalue weighted by atomic mass is 10.1. The van der Waals surface area contributed by atoms with E-state index in [9.17, 15) is 4.79 Å². The second-order valence-corrected chi connectivity index (χ2v) is 5.49. The molecule has 20 heavy (non-hydrogen) atoms. The number of carbonyl (C=O) groups excluding carboxylic acids is 1. The monoisotopic (exact) mass is 343 g/mol. The van der Waals surface area contributed by atoms with Crippen molar-refractivity contribution in [3.8, 4) is 11.5 Å². The number of alkyl halides is 1. The highest BCUT2D eigenvalue weighted by molar-refractivity contribution is 9.09. The number of carbonyl (C=O) groups is 1. The molecule has 1 amide bonds. The van der Waals surface area contributed by atoms with E-state index in [4.69, 9.17) is 9.47 Å². The number of methoxy groups -OCH3 is 2. The van der Waals surface area contributed by atoms with Crippen LogP contribution in [0.3, 0.4) is 0 Å². The summed E-state index contributed by atoms with van der Waals surface area (Å²) in [6, 6.07) is 5.41. The Hall–Kier alpha value is -1.23. The Labute approximate surface area is 129 Å². The average molecular weight is 344 g/mol. The van der Waals surface area contributed by atoms with E-state index in [0.717, 1.165) is 11.8 Å². The summed E-state index contributed by atoms with van der Waals surface area (Å²) >= 11 is 3.40. The number of halogens is 1. The highest BCUT2D eigenvalue weighted by atomic mass is 79.9. The smallest absolute Gasteiger partial charge is 0.257 e. The van der Waals surface area contributed by atoms with Gasteiger partial charge in [-0.05, 0) is 38.5 Å². The van der Waals surface area contributed by atoms with Gasteiger partial charge in [-0.2, -0.15) is 0 Å². The maximum absolute atomic E-state index is 12.7. The number of amides is 1. The molecular formula is C15H22BrNO3. The van der Waals surface area contributed by atoms with Crippen molar-refractivity contribution < 1.29 is 14.3 Å². The largest absolute Gasteiger partial charge is 0.497 e. The number of nitrogens with zero attached hydrogens (tertiary/aromatic N) is 1. The maximum atomic E-state index is 12.7. The summed E-state index contributed by atoms with van der Waals surface area (Å²) < 4.78 is 10.5. The van der Waals surface area contributed by atoms with Crippen LogP contribution < -0.4 is 9.47 Å². The van der Waals surface area contributed by atoms with E-state index in [0.29, 0.717) is 23.6 Å². The zero-order valence-electron chi connectivity index (χ0n) is 12.5.